The molecule has 4 heterocycles. The predicted molar refractivity (Wildman–Crippen MR) is 85.1 cm³/mol. The van der Waals surface area contributed by atoms with Crippen LogP contribution >= 0.6 is 0 Å². The molecule has 7 heteroatoms. The molecule has 2 aliphatic heterocycles. The second kappa shape index (κ2) is 5.98. The van der Waals surface area contributed by atoms with E-state index in [1.165, 1.54) is 6.42 Å². The molecule has 1 amide bonds. The van der Waals surface area contributed by atoms with E-state index in [1.807, 2.05) is 17.4 Å². The number of anilines is 1. The summed E-state index contributed by atoms with van der Waals surface area (Å²) in [4.78, 5) is 29.6. The maximum atomic E-state index is 12.6. The standard InChI is InChI=1S/C16H20N6O/c23-16(20-4-2-1-3-5-20)14-9-17-10-15(19-14)21-6-7-22-12-18-8-13(22)11-21/h8-10,12H,1-7,11H2. The van der Waals surface area contributed by atoms with Gasteiger partial charge in [-0.25, -0.2) is 9.97 Å². The van der Waals surface area contributed by atoms with Crippen molar-refractivity contribution < 1.29 is 4.79 Å². The molecule has 0 aromatic carbocycles. The number of amides is 1. The summed E-state index contributed by atoms with van der Waals surface area (Å²) in [7, 11) is 0. The van der Waals surface area contributed by atoms with Crippen LogP contribution in [-0.4, -0.2) is 50.0 Å². The first-order chi connectivity index (χ1) is 11.3. The number of nitrogens with zero attached hydrogens (tertiary/aromatic N) is 6. The maximum absolute atomic E-state index is 12.6. The zero-order chi connectivity index (χ0) is 15.6. The average Bonchev–Trinajstić information content (AvgIpc) is 3.09. The summed E-state index contributed by atoms with van der Waals surface area (Å²) in [6.45, 7) is 4.12. The van der Waals surface area contributed by atoms with Crippen molar-refractivity contribution in [2.24, 2.45) is 0 Å². The quantitative estimate of drug-likeness (QED) is 0.836. The smallest absolute Gasteiger partial charge is 0.274 e. The minimum atomic E-state index is 0.00102. The zero-order valence-electron chi connectivity index (χ0n) is 13.1. The average molecular weight is 312 g/mol. The number of aromatic nitrogens is 4. The topological polar surface area (TPSA) is 67.2 Å². The highest BCUT2D eigenvalue weighted by Gasteiger charge is 2.22. The molecule has 2 aliphatic rings. The van der Waals surface area contributed by atoms with Gasteiger partial charge >= 0.3 is 0 Å². The van der Waals surface area contributed by atoms with E-state index in [2.05, 4.69) is 24.4 Å². The summed E-state index contributed by atoms with van der Waals surface area (Å²) in [5, 5.41) is 0. The number of hydrogen-bond donors (Lipinski definition) is 0. The van der Waals surface area contributed by atoms with Crippen molar-refractivity contribution in [3.8, 4) is 0 Å². The highest BCUT2D eigenvalue weighted by atomic mass is 16.2. The van der Waals surface area contributed by atoms with Gasteiger partial charge in [-0.15, -0.1) is 0 Å². The third-order valence-electron chi connectivity index (χ3n) is 4.57. The van der Waals surface area contributed by atoms with Gasteiger partial charge in [-0.1, -0.05) is 0 Å². The monoisotopic (exact) mass is 312 g/mol. The lowest BCUT2D eigenvalue weighted by molar-refractivity contribution is 0.0718. The van der Waals surface area contributed by atoms with Crippen molar-refractivity contribution in [1.29, 1.82) is 0 Å². The largest absolute Gasteiger partial charge is 0.348 e. The van der Waals surface area contributed by atoms with Gasteiger partial charge < -0.3 is 14.4 Å². The summed E-state index contributed by atoms with van der Waals surface area (Å²) < 4.78 is 2.15. The molecule has 4 rings (SSSR count). The van der Waals surface area contributed by atoms with Gasteiger partial charge in [0.25, 0.3) is 5.91 Å². The van der Waals surface area contributed by atoms with Gasteiger partial charge in [-0.2, -0.15) is 0 Å². The lowest BCUT2D eigenvalue weighted by atomic mass is 10.1. The summed E-state index contributed by atoms with van der Waals surface area (Å²) >= 11 is 0. The highest BCUT2D eigenvalue weighted by molar-refractivity contribution is 5.92. The second-order valence-electron chi connectivity index (χ2n) is 6.12. The molecular weight excluding hydrogens is 292 g/mol. The van der Waals surface area contributed by atoms with Crippen LogP contribution in [0.15, 0.2) is 24.9 Å². The van der Waals surface area contributed by atoms with E-state index in [0.29, 0.717) is 5.69 Å². The number of hydrogen-bond acceptors (Lipinski definition) is 5. The van der Waals surface area contributed by atoms with E-state index in [0.717, 1.165) is 57.1 Å². The fourth-order valence-corrected chi connectivity index (χ4v) is 3.25. The Balaban J connectivity index is 1.53. The molecule has 0 aliphatic carbocycles. The Hall–Kier alpha value is -2.44. The summed E-state index contributed by atoms with van der Waals surface area (Å²) in [5.74, 6) is 0.765. The number of carbonyl (C=O) groups is 1. The van der Waals surface area contributed by atoms with E-state index >= 15 is 0 Å². The van der Waals surface area contributed by atoms with Crippen LogP contribution in [0.1, 0.15) is 35.4 Å². The molecule has 0 N–H and O–H groups in total. The van der Waals surface area contributed by atoms with Gasteiger partial charge in [0.15, 0.2) is 0 Å². The number of likely N-dealkylation sites (tertiary alicyclic amines) is 1. The molecule has 2 aromatic rings. The van der Waals surface area contributed by atoms with E-state index in [9.17, 15) is 4.79 Å². The summed E-state index contributed by atoms with van der Waals surface area (Å²) in [5.41, 5.74) is 1.61. The van der Waals surface area contributed by atoms with Crippen LogP contribution in [0.2, 0.25) is 0 Å². The van der Waals surface area contributed by atoms with Gasteiger partial charge in [0, 0.05) is 32.4 Å². The molecule has 0 atom stereocenters. The number of fused-ring (bicyclic) bond motifs is 1. The minimum Gasteiger partial charge on any atom is -0.348 e. The van der Waals surface area contributed by atoms with Gasteiger partial charge in [-0.3, -0.25) is 9.78 Å². The molecule has 23 heavy (non-hydrogen) atoms. The molecule has 0 unspecified atom stereocenters. The predicted octanol–water partition coefficient (Wildman–Crippen LogP) is 1.32. The molecule has 120 valence electrons. The molecule has 7 nitrogen and oxygen atoms in total. The van der Waals surface area contributed by atoms with Crippen molar-refractivity contribution >= 4 is 11.7 Å². The maximum Gasteiger partial charge on any atom is 0.274 e. The lowest BCUT2D eigenvalue weighted by Crippen LogP contribution is -2.37. The molecule has 1 saturated heterocycles. The first-order valence-electron chi connectivity index (χ1n) is 8.16. The Bertz CT molecular complexity index is 706. The number of carbonyl (C=O) groups excluding carboxylic acids is 1. The number of imidazole rings is 1. The third-order valence-corrected chi connectivity index (χ3v) is 4.57. The first-order valence-corrected chi connectivity index (χ1v) is 8.16. The number of rotatable bonds is 2. The van der Waals surface area contributed by atoms with Gasteiger partial charge in [-0.05, 0) is 19.3 Å². The summed E-state index contributed by atoms with van der Waals surface area (Å²) in [6.07, 6.45) is 10.4. The van der Waals surface area contributed by atoms with Crippen molar-refractivity contribution in [3.05, 3.63) is 36.3 Å². The van der Waals surface area contributed by atoms with Crippen molar-refractivity contribution in [1.82, 2.24) is 24.4 Å². The molecular formula is C16H20N6O. The third kappa shape index (κ3) is 2.78. The number of piperidine rings is 1. The van der Waals surface area contributed by atoms with Crippen molar-refractivity contribution in [3.63, 3.8) is 0 Å². The van der Waals surface area contributed by atoms with Crippen LogP contribution < -0.4 is 4.90 Å². The molecule has 0 radical (unpaired) electrons. The Labute approximate surface area is 135 Å². The second-order valence-corrected chi connectivity index (χ2v) is 6.12. The van der Waals surface area contributed by atoms with Crippen LogP contribution in [0.25, 0.3) is 0 Å². The molecule has 0 saturated carbocycles. The minimum absolute atomic E-state index is 0.00102. The Kier molecular flexibility index (Phi) is 3.69. The Morgan fingerprint density at radius 2 is 1.83 bits per heavy atom. The lowest BCUT2D eigenvalue weighted by Gasteiger charge is -2.29. The normalized spacial score (nSPS) is 17.9. The van der Waals surface area contributed by atoms with Crippen LogP contribution in [-0.2, 0) is 13.1 Å². The highest BCUT2D eigenvalue weighted by Crippen LogP contribution is 2.19. The van der Waals surface area contributed by atoms with E-state index in [-0.39, 0.29) is 5.91 Å². The fourth-order valence-electron chi connectivity index (χ4n) is 3.25. The van der Waals surface area contributed by atoms with Crippen molar-refractivity contribution in [2.75, 3.05) is 24.5 Å². The molecule has 0 spiro atoms. The van der Waals surface area contributed by atoms with Gasteiger partial charge in [0.2, 0.25) is 0 Å². The summed E-state index contributed by atoms with van der Waals surface area (Å²) in [6, 6.07) is 0. The van der Waals surface area contributed by atoms with Crippen LogP contribution in [0.3, 0.4) is 0 Å². The van der Waals surface area contributed by atoms with Gasteiger partial charge in [0.05, 0.1) is 31.0 Å². The van der Waals surface area contributed by atoms with E-state index in [4.69, 9.17) is 0 Å². The van der Waals surface area contributed by atoms with E-state index in [1.54, 1.807) is 12.4 Å². The van der Waals surface area contributed by atoms with Crippen molar-refractivity contribution in [2.45, 2.75) is 32.4 Å². The molecule has 2 aromatic heterocycles. The van der Waals surface area contributed by atoms with E-state index < -0.39 is 0 Å². The Morgan fingerprint density at radius 1 is 0.957 bits per heavy atom. The molecule has 1 fully saturated rings. The SMILES string of the molecule is O=C(c1cncc(N2CCn3cncc3C2)n1)N1CCCCC1. The first kappa shape index (κ1) is 14.2. The van der Waals surface area contributed by atoms with Crippen LogP contribution in [0, 0.1) is 0 Å². The Morgan fingerprint density at radius 3 is 2.70 bits per heavy atom. The zero-order valence-corrected chi connectivity index (χ0v) is 13.1. The fraction of sp³-hybridized carbons (Fsp3) is 0.500. The van der Waals surface area contributed by atoms with Crippen LogP contribution in [0.4, 0.5) is 5.82 Å². The van der Waals surface area contributed by atoms with Gasteiger partial charge in [0.1, 0.15) is 11.5 Å². The van der Waals surface area contributed by atoms with Crippen LogP contribution in [0.5, 0.6) is 0 Å². The molecule has 0 bridgehead atoms.